The van der Waals surface area contributed by atoms with Gasteiger partial charge in [0.15, 0.2) is 11.5 Å². The predicted octanol–water partition coefficient (Wildman–Crippen LogP) is 3.62. The van der Waals surface area contributed by atoms with Gasteiger partial charge >= 0.3 is 0 Å². The van der Waals surface area contributed by atoms with E-state index >= 15 is 0 Å². The molecule has 0 radical (unpaired) electrons. The van der Waals surface area contributed by atoms with E-state index in [4.69, 9.17) is 9.47 Å². The second kappa shape index (κ2) is 10.5. The highest BCUT2D eigenvalue weighted by atomic mass is 16.5. The van der Waals surface area contributed by atoms with Gasteiger partial charge in [0.2, 0.25) is 0 Å². The van der Waals surface area contributed by atoms with Crippen molar-refractivity contribution in [2.24, 2.45) is 5.10 Å². The summed E-state index contributed by atoms with van der Waals surface area (Å²) in [6, 6.07) is 7.62. The molecule has 28 heavy (non-hydrogen) atoms. The first-order valence-electron chi connectivity index (χ1n) is 9.68. The molecule has 0 bridgehead atoms. The normalized spacial score (nSPS) is 11.4. The highest BCUT2D eigenvalue weighted by molar-refractivity contribution is 5.99. The second-order valence-electron chi connectivity index (χ2n) is 6.68. The minimum absolute atomic E-state index is 0.130. The fourth-order valence-corrected chi connectivity index (χ4v) is 2.61. The van der Waals surface area contributed by atoms with Crippen molar-refractivity contribution in [2.45, 2.75) is 54.0 Å². The topological polar surface area (TPSA) is 77.7 Å². The lowest BCUT2D eigenvalue weighted by Gasteiger charge is -2.13. The van der Waals surface area contributed by atoms with Crippen molar-refractivity contribution in [3.8, 4) is 11.5 Å². The molecule has 7 nitrogen and oxygen atoms in total. The van der Waals surface area contributed by atoms with Crippen LogP contribution in [0.5, 0.6) is 11.5 Å². The summed E-state index contributed by atoms with van der Waals surface area (Å²) in [4.78, 5) is 12.2. The Labute approximate surface area is 166 Å². The van der Waals surface area contributed by atoms with Crippen LogP contribution in [-0.4, -0.2) is 34.6 Å². The molecule has 0 saturated heterocycles. The van der Waals surface area contributed by atoms with Crippen LogP contribution in [0.1, 0.15) is 50.6 Å². The van der Waals surface area contributed by atoms with Gasteiger partial charge in [-0.15, -0.1) is 0 Å². The number of carbonyl (C=O) groups is 1. The molecule has 1 aromatic carbocycles. The van der Waals surface area contributed by atoms with Crippen molar-refractivity contribution in [3.63, 3.8) is 0 Å². The average molecular weight is 386 g/mol. The molecule has 0 aliphatic carbocycles. The fourth-order valence-electron chi connectivity index (χ4n) is 2.61. The lowest BCUT2D eigenvalue weighted by atomic mass is 10.1. The minimum Gasteiger partial charge on any atom is -0.490 e. The molecular weight excluding hydrogens is 356 g/mol. The van der Waals surface area contributed by atoms with Gasteiger partial charge in [0.25, 0.3) is 5.91 Å². The summed E-state index contributed by atoms with van der Waals surface area (Å²) >= 11 is 0. The van der Waals surface area contributed by atoms with E-state index in [9.17, 15) is 4.79 Å². The number of aryl methyl sites for hydroxylation is 2. The fraction of sp³-hybridized carbons (Fsp3) is 0.476. The Morgan fingerprint density at radius 2 is 1.79 bits per heavy atom. The second-order valence-corrected chi connectivity index (χ2v) is 6.68. The number of amides is 1. The number of carbonyl (C=O) groups excluding carboxylic acids is 1. The first-order valence-corrected chi connectivity index (χ1v) is 9.68. The number of nitrogens with zero attached hydrogens (tertiary/aromatic N) is 3. The summed E-state index contributed by atoms with van der Waals surface area (Å²) in [6.45, 7) is 11.2. The van der Waals surface area contributed by atoms with E-state index in [1.165, 1.54) is 0 Å². The molecule has 2 aromatic rings. The van der Waals surface area contributed by atoms with Crippen molar-refractivity contribution in [2.75, 3.05) is 13.2 Å². The molecule has 0 fully saturated rings. The molecule has 152 valence electrons. The largest absolute Gasteiger partial charge is 0.490 e. The van der Waals surface area contributed by atoms with Crippen LogP contribution < -0.4 is 14.9 Å². The Balaban J connectivity index is 2.07. The number of aromatic nitrogens is 2. The monoisotopic (exact) mass is 386 g/mol. The first-order chi connectivity index (χ1) is 13.4. The van der Waals surface area contributed by atoms with Gasteiger partial charge in [0.05, 0.1) is 24.6 Å². The van der Waals surface area contributed by atoms with Crippen molar-refractivity contribution < 1.29 is 14.3 Å². The van der Waals surface area contributed by atoms with Gasteiger partial charge in [-0.2, -0.15) is 10.2 Å². The highest BCUT2D eigenvalue weighted by Crippen LogP contribution is 2.29. The summed E-state index contributed by atoms with van der Waals surface area (Å²) in [5, 5.41) is 8.51. The molecule has 1 amide bonds. The Kier molecular flexibility index (Phi) is 8.04. The number of rotatable bonds is 10. The standard InChI is InChI=1S/C21H30N4O3/c1-6-10-27-19-9-8-18(13-20(19)28-11-7-2)17(5)22-23-21(26)14-25-16(4)12-15(3)24-25/h8-9,12-13H,6-7,10-11,14H2,1-5H3,(H,23,26)/b22-17-. The number of nitrogens with one attached hydrogen (secondary N) is 1. The predicted molar refractivity (Wildman–Crippen MR) is 110 cm³/mol. The number of benzene rings is 1. The molecule has 0 aliphatic heterocycles. The number of hydrogen-bond acceptors (Lipinski definition) is 5. The zero-order chi connectivity index (χ0) is 20.5. The molecule has 7 heteroatoms. The quantitative estimate of drug-likeness (QED) is 0.500. The summed E-state index contributed by atoms with van der Waals surface area (Å²) in [6.07, 6.45) is 1.84. The van der Waals surface area contributed by atoms with Gasteiger partial charge in [0.1, 0.15) is 6.54 Å². The van der Waals surface area contributed by atoms with Gasteiger partial charge in [-0.3, -0.25) is 9.48 Å². The molecule has 2 rings (SSSR count). The molecule has 0 aliphatic rings. The van der Waals surface area contributed by atoms with Crippen LogP contribution in [0.3, 0.4) is 0 Å². The average Bonchev–Trinajstić information content (AvgIpc) is 2.99. The number of hydrazone groups is 1. The van der Waals surface area contributed by atoms with Crippen molar-refractivity contribution in [3.05, 3.63) is 41.2 Å². The third-order valence-corrected chi connectivity index (χ3v) is 4.03. The van der Waals surface area contributed by atoms with E-state index in [0.717, 1.165) is 35.5 Å². The first kappa shape index (κ1) is 21.5. The molecule has 0 unspecified atom stereocenters. The third-order valence-electron chi connectivity index (χ3n) is 4.03. The Bertz CT molecular complexity index is 827. The summed E-state index contributed by atoms with van der Waals surface area (Å²) in [7, 11) is 0. The maximum Gasteiger partial charge on any atom is 0.261 e. The van der Waals surface area contributed by atoms with Crippen LogP contribution in [-0.2, 0) is 11.3 Å². The lowest BCUT2D eigenvalue weighted by Crippen LogP contribution is -2.25. The molecule has 0 spiro atoms. The SMILES string of the molecule is CCCOc1ccc(/C(C)=N\NC(=O)Cn2nc(C)cc2C)cc1OCCC. The third kappa shape index (κ3) is 6.11. The molecule has 0 saturated carbocycles. The summed E-state index contributed by atoms with van der Waals surface area (Å²) in [5.41, 5.74) is 5.96. The molecule has 1 N–H and O–H groups in total. The Morgan fingerprint density at radius 1 is 1.11 bits per heavy atom. The van der Waals surface area contributed by atoms with Crippen LogP contribution >= 0.6 is 0 Å². The van der Waals surface area contributed by atoms with Crippen LogP contribution in [0, 0.1) is 13.8 Å². The number of ether oxygens (including phenoxy) is 2. The Morgan fingerprint density at radius 3 is 2.39 bits per heavy atom. The van der Waals surface area contributed by atoms with E-state index in [-0.39, 0.29) is 12.5 Å². The molecular formula is C21H30N4O3. The van der Waals surface area contributed by atoms with E-state index < -0.39 is 0 Å². The van der Waals surface area contributed by atoms with E-state index in [0.29, 0.717) is 24.7 Å². The van der Waals surface area contributed by atoms with Gasteiger partial charge in [-0.25, -0.2) is 5.43 Å². The van der Waals surface area contributed by atoms with Gasteiger partial charge in [0, 0.05) is 11.3 Å². The number of hydrogen-bond donors (Lipinski definition) is 1. The van der Waals surface area contributed by atoms with Crippen molar-refractivity contribution in [1.29, 1.82) is 0 Å². The van der Waals surface area contributed by atoms with E-state index in [1.807, 2.05) is 45.0 Å². The minimum atomic E-state index is -0.226. The van der Waals surface area contributed by atoms with Gasteiger partial charge < -0.3 is 9.47 Å². The zero-order valence-electron chi connectivity index (χ0n) is 17.4. The van der Waals surface area contributed by atoms with E-state index in [1.54, 1.807) is 4.68 Å². The van der Waals surface area contributed by atoms with Crippen molar-refractivity contribution in [1.82, 2.24) is 15.2 Å². The molecule has 1 heterocycles. The lowest BCUT2D eigenvalue weighted by molar-refractivity contribution is -0.121. The summed E-state index contributed by atoms with van der Waals surface area (Å²) in [5.74, 6) is 1.19. The Hall–Kier alpha value is -2.83. The molecule has 1 aromatic heterocycles. The van der Waals surface area contributed by atoms with Crippen LogP contribution in [0.25, 0.3) is 0 Å². The smallest absolute Gasteiger partial charge is 0.261 e. The van der Waals surface area contributed by atoms with Gasteiger partial charge in [-0.1, -0.05) is 13.8 Å². The van der Waals surface area contributed by atoms with Crippen LogP contribution in [0.15, 0.2) is 29.4 Å². The summed E-state index contributed by atoms with van der Waals surface area (Å²) < 4.78 is 13.2. The van der Waals surface area contributed by atoms with Gasteiger partial charge in [-0.05, 0) is 57.9 Å². The van der Waals surface area contributed by atoms with E-state index in [2.05, 4.69) is 29.5 Å². The van der Waals surface area contributed by atoms with Crippen LogP contribution in [0.2, 0.25) is 0 Å². The van der Waals surface area contributed by atoms with Crippen LogP contribution in [0.4, 0.5) is 0 Å². The maximum absolute atomic E-state index is 12.2. The molecule has 0 atom stereocenters. The zero-order valence-corrected chi connectivity index (χ0v) is 17.4. The highest BCUT2D eigenvalue weighted by Gasteiger charge is 2.10. The maximum atomic E-state index is 12.2. The van der Waals surface area contributed by atoms with Crippen molar-refractivity contribution >= 4 is 11.6 Å².